The van der Waals surface area contributed by atoms with Crippen LogP contribution in [0.25, 0.3) is 0 Å². The molecule has 2 rings (SSSR count). The molecule has 4 nitrogen and oxygen atoms in total. The van der Waals surface area contributed by atoms with Crippen LogP contribution < -0.4 is 10.1 Å². The highest BCUT2D eigenvalue weighted by molar-refractivity contribution is 9.10. The molecule has 1 aromatic heterocycles. The smallest absolute Gasteiger partial charge is 0.218 e. The maximum absolute atomic E-state index is 5.86. The number of halogens is 1. The lowest BCUT2D eigenvalue weighted by Gasteiger charge is -2.14. The minimum atomic E-state index is 0.143. The van der Waals surface area contributed by atoms with Crippen molar-refractivity contribution in [1.29, 1.82) is 0 Å². The van der Waals surface area contributed by atoms with E-state index in [-0.39, 0.29) is 6.10 Å². The third-order valence-corrected chi connectivity index (χ3v) is 3.06. The lowest BCUT2D eigenvalue weighted by atomic mass is 10.2. The van der Waals surface area contributed by atoms with Gasteiger partial charge in [-0.2, -0.15) is 0 Å². The van der Waals surface area contributed by atoms with E-state index >= 15 is 0 Å². The summed E-state index contributed by atoms with van der Waals surface area (Å²) in [6.07, 6.45) is 2.85. The van der Waals surface area contributed by atoms with E-state index in [2.05, 4.69) is 33.2 Å². The molecule has 1 aliphatic rings. The predicted octanol–water partition coefficient (Wildman–Crippen LogP) is 2.12. The molecule has 0 aromatic carbocycles. The van der Waals surface area contributed by atoms with Crippen LogP contribution in [-0.4, -0.2) is 30.8 Å². The zero-order valence-electron chi connectivity index (χ0n) is 9.91. The monoisotopic (exact) mass is 300 g/mol. The second-order valence-electron chi connectivity index (χ2n) is 4.00. The Hall–Kier alpha value is -0.650. The first-order valence-electron chi connectivity index (χ1n) is 5.89. The van der Waals surface area contributed by atoms with Crippen molar-refractivity contribution in [3.63, 3.8) is 0 Å². The van der Waals surface area contributed by atoms with Gasteiger partial charge in [0.25, 0.3) is 0 Å². The van der Waals surface area contributed by atoms with Gasteiger partial charge >= 0.3 is 0 Å². The molecular weight excluding hydrogens is 284 g/mol. The third kappa shape index (κ3) is 3.66. The summed E-state index contributed by atoms with van der Waals surface area (Å²) in [5.41, 5.74) is 1.08. The number of hydrogen-bond acceptors (Lipinski definition) is 4. The van der Waals surface area contributed by atoms with Crippen LogP contribution in [0.4, 0.5) is 0 Å². The van der Waals surface area contributed by atoms with Crippen molar-refractivity contribution in [2.24, 2.45) is 0 Å². The number of aromatic nitrogens is 1. The second kappa shape index (κ2) is 6.33. The van der Waals surface area contributed by atoms with Crippen LogP contribution in [0, 0.1) is 0 Å². The Kier molecular flexibility index (Phi) is 4.76. The number of hydrogen-bond donors (Lipinski definition) is 1. The standard InChI is InChI=1S/C12H17BrN2O2/c1-2-14-6-9-5-10(13)7-15-12(9)17-11-3-4-16-8-11/h5,7,11,14H,2-4,6,8H2,1H3. The zero-order chi connectivity index (χ0) is 12.1. The van der Waals surface area contributed by atoms with Crippen molar-refractivity contribution in [3.05, 3.63) is 22.3 Å². The highest BCUT2D eigenvalue weighted by Gasteiger charge is 2.19. The summed E-state index contributed by atoms with van der Waals surface area (Å²) in [5, 5.41) is 3.28. The van der Waals surface area contributed by atoms with Crippen molar-refractivity contribution < 1.29 is 9.47 Å². The van der Waals surface area contributed by atoms with Gasteiger partial charge in [-0.3, -0.25) is 0 Å². The Morgan fingerprint density at radius 2 is 2.53 bits per heavy atom. The van der Waals surface area contributed by atoms with Crippen molar-refractivity contribution in [2.75, 3.05) is 19.8 Å². The summed E-state index contributed by atoms with van der Waals surface area (Å²) in [4.78, 5) is 4.33. The van der Waals surface area contributed by atoms with E-state index < -0.39 is 0 Å². The lowest BCUT2D eigenvalue weighted by molar-refractivity contribution is 0.137. The Bertz CT molecular complexity index is 368. The molecule has 2 heterocycles. The van der Waals surface area contributed by atoms with Crippen molar-refractivity contribution in [3.8, 4) is 5.88 Å². The minimum Gasteiger partial charge on any atom is -0.472 e. The van der Waals surface area contributed by atoms with E-state index in [1.807, 2.05) is 6.07 Å². The van der Waals surface area contributed by atoms with Crippen molar-refractivity contribution >= 4 is 15.9 Å². The van der Waals surface area contributed by atoms with Crippen LogP contribution in [-0.2, 0) is 11.3 Å². The molecule has 1 saturated heterocycles. The quantitative estimate of drug-likeness (QED) is 0.905. The molecular formula is C12H17BrN2O2. The van der Waals surface area contributed by atoms with Crippen molar-refractivity contribution in [2.45, 2.75) is 26.0 Å². The Morgan fingerprint density at radius 1 is 1.65 bits per heavy atom. The molecule has 1 aromatic rings. The number of nitrogens with zero attached hydrogens (tertiary/aromatic N) is 1. The van der Waals surface area contributed by atoms with Gasteiger partial charge in [0.2, 0.25) is 5.88 Å². The molecule has 1 atom stereocenters. The van der Waals surface area contributed by atoms with E-state index in [1.165, 1.54) is 0 Å². The zero-order valence-corrected chi connectivity index (χ0v) is 11.5. The average Bonchev–Trinajstić information content (AvgIpc) is 2.82. The Morgan fingerprint density at radius 3 is 3.24 bits per heavy atom. The van der Waals surface area contributed by atoms with Gasteiger partial charge in [-0.1, -0.05) is 6.92 Å². The molecule has 0 spiro atoms. The van der Waals surface area contributed by atoms with E-state index in [0.29, 0.717) is 12.5 Å². The summed E-state index contributed by atoms with van der Waals surface area (Å²) >= 11 is 3.43. The van der Waals surface area contributed by atoms with Gasteiger partial charge in [-0.15, -0.1) is 0 Å². The summed E-state index contributed by atoms with van der Waals surface area (Å²) in [5.74, 6) is 0.713. The molecule has 17 heavy (non-hydrogen) atoms. The maximum Gasteiger partial charge on any atom is 0.218 e. The fourth-order valence-electron chi connectivity index (χ4n) is 1.72. The average molecular weight is 301 g/mol. The normalized spacial score (nSPS) is 19.5. The molecule has 0 saturated carbocycles. The highest BCUT2D eigenvalue weighted by Crippen LogP contribution is 2.22. The molecule has 0 bridgehead atoms. The summed E-state index contributed by atoms with van der Waals surface area (Å²) in [7, 11) is 0. The highest BCUT2D eigenvalue weighted by atomic mass is 79.9. The first-order valence-corrected chi connectivity index (χ1v) is 6.68. The van der Waals surface area contributed by atoms with Crippen LogP contribution in [0.3, 0.4) is 0 Å². The van der Waals surface area contributed by atoms with Crippen LogP contribution in [0.1, 0.15) is 18.9 Å². The first kappa shape index (κ1) is 12.8. The summed E-state index contributed by atoms with van der Waals surface area (Å²) < 4.78 is 12.1. The van der Waals surface area contributed by atoms with Gasteiger partial charge in [0.15, 0.2) is 0 Å². The van der Waals surface area contributed by atoms with E-state index in [1.54, 1.807) is 6.20 Å². The van der Waals surface area contributed by atoms with Gasteiger partial charge in [-0.05, 0) is 28.5 Å². The largest absolute Gasteiger partial charge is 0.472 e. The minimum absolute atomic E-state index is 0.143. The molecule has 0 amide bonds. The van der Waals surface area contributed by atoms with Gasteiger partial charge in [0.1, 0.15) is 6.10 Å². The molecule has 1 unspecified atom stereocenters. The predicted molar refractivity (Wildman–Crippen MR) is 69.2 cm³/mol. The number of rotatable bonds is 5. The number of ether oxygens (including phenoxy) is 2. The van der Waals surface area contributed by atoms with Crippen LogP contribution >= 0.6 is 15.9 Å². The van der Waals surface area contributed by atoms with Gasteiger partial charge in [-0.25, -0.2) is 4.98 Å². The molecule has 0 radical (unpaired) electrons. The third-order valence-electron chi connectivity index (χ3n) is 2.62. The topological polar surface area (TPSA) is 43.4 Å². The Balaban J connectivity index is 2.07. The first-order chi connectivity index (χ1) is 8.29. The van der Waals surface area contributed by atoms with Gasteiger partial charge in [0.05, 0.1) is 13.2 Å². The van der Waals surface area contributed by atoms with Crippen LogP contribution in [0.2, 0.25) is 0 Å². The summed E-state index contributed by atoms with van der Waals surface area (Å²) in [6.45, 7) is 5.23. The SMILES string of the molecule is CCNCc1cc(Br)cnc1OC1CCOC1. The van der Waals surface area contributed by atoms with Gasteiger partial charge < -0.3 is 14.8 Å². The van der Waals surface area contributed by atoms with Crippen molar-refractivity contribution in [1.82, 2.24) is 10.3 Å². The molecule has 94 valence electrons. The van der Waals surface area contributed by atoms with E-state index in [4.69, 9.17) is 9.47 Å². The number of pyridine rings is 1. The lowest BCUT2D eigenvalue weighted by Crippen LogP contribution is -2.19. The molecule has 0 aliphatic carbocycles. The molecule has 5 heteroatoms. The van der Waals surface area contributed by atoms with Gasteiger partial charge in [0, 0.05) is 29.2 Å². The Labute approximate surface area is 110 Å². The molecule has 1 N–H and O–H groups in total. The van der Waals surface area contributed by atoms with E-state index in [0.717, 1.165) is 36.2 Å². The van der Waals surface area contributed by atoms with E-state index in [9.17, 15) is 0 Å². The molecule has 1 aliphatic heterocycles. The summed E-state index contributed by atoms with van der Waals surface area (Å²) in [6, 6.07) is 2.04. The molecule has 1 fully saturated rings. The number of nitrogens with one attached hydrogen (secondary N) is 1. The maximum atomic E-state index is 5.86. The fraction of sp³-hybridized carbons (Fsp3) is 0.583. The van der Waals surface area contributed by atoms with Crippen LogP contribution in [0.5, 0.6) is 5.88 Å². The van der Waals surface area contributed by atoms with Crippen LogP contribution in [0.15, 0.2) is 16.7 Å². The second-order valence-corrected chi connectivity index (χ2v) is 4.92. The fourth-order valence-corrected chi connectivity index (χ4v) is 2.10.